The maximum Gasteiger partial charge on any atom is 0.318 e. The molecule has 0 radical (unpaired) electrons. The standard InChI is InChI=1S/C8H11IN2O2/c1-8(2,3)7(12)13-6-5(9)4-10-11-6/h4H,1-3H3,(H,10,11). The number of carbonyl (C=O) groups is 1. The van der Waals surface area contributed by atoms with E-state index in [0.717, 1.165) is 3.57 Å². The van der Waals surface area contributed by atoms with Crippen LogP contribution in [0, 0.1) is 8.99 Å². The highest BCUT2D eigenvalue weighted by Crippen LogP contribution is 2.21. The molecule has 0 spiro atoms. The number of aromatic nitrogens is 2. The third-order valence-electron chi connectivity index (χ3n) is 1.36. The van der Waals surface area contributed by atoms with Gasteiger partial charge in [-0.1, -0.05) is 0 Å². The molecule has 1 N–H and O–H groups in total. The first-order valence-electron chi connectivity index (χ1n) is 3.83. The van der Waals surface area contributed by atoms with Crippen molar-refractivity contribution in [2.75, 3.05) is 0 Å². The van der Waals surface area contributed by atoms with Gasteiger partial charge in [-0.15, -0.1) is 5.10 Å². The minimum atomic E-state index is -0.498. The Balaban J connectivity index is 2.71. The van der Waals surface area contributed by atoms with Crippen molar-refractivity contribution in [1.82, 2.24) is 10.2 Å². The molecule has 0 saturated carbocycles. The van der Waals surface area contributed by atoms with Crippen LogP contribution in [0.5, 0.6) is 5.88 Å². The Labute approximate surface area is 90.2 Å². The summed E-state index contributed by atoms with van der Waals surface area (Å²) >= 11 is 2.05. The summed E-state index contributed by atoms with van der Waals surface area (Å²) in [6.07, 6.45) is 1.67. The summed E-state index contributed by atoms with van der Waals surface area (Å²) in [5.41, 5.74) is -0.498. The third kappa shape index (κ3) is 2.68. The second kappa shape index (κ2) is 3.65. The number of rotatable bonds is 1. The fraction of sp³-hybridized carbons (Fsp3) is 0.500. The molecule has 0 atom stereocenters. The molecule has 0 bridgehead atoms. The van der Waals surface area contributed by atoms with E-state index in [0.29, 0.717) is 5.88 Å². The molecule has 0 aliphatic carbocycles. The third-order valence-corrected chi connectivity index (χ3v) is 2.14. The molecule has 5 heteroatoms. The van der Waals surface area contributed by atoms with Crippen LogP contribution >= 0.6 is 22.6 Å². The van der Waals surface area contributed by atoms with Gasteiger partial charge in [-0.2, -0.15) is 0 Å². The zero-order chi connectivity index (χ0) is 10.1. The highest BCUT2D eigenvalue weighted by Gasteiger charge is 2.25. The second-order valence-corrected chi connectivity index (χ2v) is 4.84. The number of ether oxygens (including phenoxy) is 1. The van der Waals surface area contributed by atoms with Crippen LogP contribution in [0.3, 0.4) is 0 Å². The van der Waals surface area contributed by atoms with Crippen LogP contribution in [0.4, 0.5) is 0 Å². The quantitative estimate of drug-likeness (QED) is 0.636. The fourth-order valence-electron chi connectivity index (χ4n) is 0.575. The van der Waals surface area contributed by atoms with Gasteiger partial charge in [-0.25, -0.2) is 0 Å². The molecule has 0 fully saturated rings. The van der Waals surface area contributed by atoms with Crippen LogP contribution in [0.2, 0.25) is 0 Å². The van der Waals surface area contributed by atoms with Crippen LogP contribution < -0.4 is 4.74 Å². The summed E-state index contributed by atoms with van der Waals surface area (Å²) in [6.45, 7) is 5.40. The molecule has 1 aromatic rings. The number of halogens is 1. The van der Waals surface area contributed by atoms with Gasteiger partial charge in [-0.05, 0) is 43.4 Å². The van der Waals surface area contributed by atoms with E-state index in [1.807, 2.05) is 22.6 Å². The summed E-state index contributed by atoms with van der Waals surface area (Å²) in [4.78, 5) is 11.4. The van der Waals surface area contributed by atoms with Crippen molar-refractivity contribution in [2.45, 2.75) is 20.8 Å². The number of aromatic amines is 1. The minimum absolute atomic E-state index is 0.280. The van der Waals surface area contributed by atoms with Gasteiger partial charge in [0.1, 0.15) is 0 Å². The van der Waals surface area contributed by atoms with Crippen molar-refractivity contribution in [3.63, 3.8) is 0 Å². The van der Waals surface area contributed by atoms with Gasteiger partial charge in [-0.3, -0.25) is 9.89 Å². The molecule has 0 aliphatic rings. The van der Waals surface area contributed by atoms with Crippen molar-refractivity contribution in [3.05, 3.63) is 9.77 Å². The zero-order valence-corrected chi connectivity index (χ0v) is 9.88. The Morgan fingerprint density at radius 1 is 1.62 bits per heavy atom. The number of esters is 1. The Hall–Kier alpha value is -0.590. The predicted molar refractivity (Wildman–Crippen MR) is 56.4 cm³/mol. The molecule has 1 aromatic heterocycles. The van der Waals surface area contributed by atoms with E-state index in [1.165, 1.54) is 0 Å². The average Bonchev–Trinajstić information content (AvgIpc) is 2.34. The maximum atomic E-state index is 11.4. The summed E-state index contributed by atoms with van der Waals surface area (Å²) < 4.78 is 5.86. The number of hydrogen-bond acceptors (Lipinski definition) is 3. The van der Waals surface area contributed by atoms with Gasteiger partial charge in [0.25, 0.3) is 5.88 Å². The van der Waals surface area contributed by atoms with E-state index in [2.05, 4.69) is 10.2 Å². The number of nitrogens with zero attached hydrogens (tertiary/aromatic N) is 1. The summed E-state index contributed by atoms with van der Waals surface area (Å²) in [5.74, 6) is 0.0676. The molecule has 1 rings (SSSR count). The molecular formula is C8H11IN2O2. The van der Waals surface area contributed by atoms with Gasteiger partial charge in [0.05, 0.1) is 8.99 Å². The van der Waals surface area contributed by atoms with E-state index in [1.54, 1.807) is 27.0 Å². The largest absolute Gasteiger partial charge is 0.404 e. The lowest BCUT2D eigenvalue weighted by atomic mass is 9.97. The lowest BCUT2D eigenvalue weighted by Gasteiger charge is -2.14. The molecule has 0 aromatic carbocycles. The van der Waals surface area contributed by atoms with E-state index >= 15 is 0 Å². The number of nitrogens with one attached hydrogen (secondary N) is 1. The predicted octanol–water partition coefficient (Wildman–Crippen LogP) is 1.97. The van der Waals surface area contributed by atoms with Gasteiger partial charge < -0.3 is 4.74 Å². The molecule has 13 heavy (non-hydrogen) atoms. The van der Waals surface area contributed by atoms with Crippen molar-refractivity contribution in [2.24, 2.45) is 5.41 Å². The first kappa shape index (κ1) is 10.5. The van der Waals surface area contributed by atoms with Crippen molar-refractivity contribution in [3.8, 4) is 5.88 Å². The topological polar surface area (TPSA) is 55.0 Å². The number of H-pyrrole nitrogens is 1. The van der Waals surface area contributed by atoms with Crippen molar-refractivity contribution in [1.29, 1.82) is 0 Å². The van der Waals surface area contributed by atoms with Crippen LogP contribution in [0.25, 0.3) is 0 Å². The highest BCUT2D eigenvalue weighted by atomic mass is 127. The SMILES string of the molecule is CC(C)(C)C(=O)Oc1n[nH]cc1I. The van der Waals surface area contributed by atoms with E-state index < -0.39 is 5.41 Å². The summed E-state index contributed by atoms with van der Waals surface area (Å²) in [6, 6.07) is 0. The van der Waals surface area contributed by atoms with Gasteiger partial charge in [0.2, 0.25) is 0 Å². The summed E-state index contributed by atoms with van der Waals surface area (Å²) in [7, 11) is 0. The molecule has 4 nitrogen and oxygen atoms in total. The fourth-order valence-corrected chi connectivity index (χ4v) is 0.945. The van der Waals surface area contributed by atoms with Gasteiger partial charge in [0, 0.05) is 6.20 Å². The Bertz CT molecular complexity index is 314. The van der Waals surface area contributed by atoms with Crippen LogP contribution in [-0.2, 0) is 4.79 Å². The molecule has 1 heterocycles. The molecule has 0 unspecified atom stereocenters. The molecule has 0 aliphatic heterocycles. The maximum absolute atomic E-state index is 11.4. The van der Waals surface area contributed by atoms with E-state index in [9.17, 15) is 4.79 Å². The molecular weight excluding hydrogens is 283 g/mol. The lowest BCUT2D eigenvalue weighted by molar-refractivity contribution is -0.143. The lowest BCUT2D eigenvalue weighted by Crippen LogP contribution is -2.25. The first-order valence-corrected chi connectivity index (χ1v) is 4.90. The average molecular weight is 294 g/mol. The summed E-state index contributed by atoms with van der Waals surface area (Å²) in [5, 5.41) is 6.41. The Morgan fingerprint density at radius 2 is 2.23 bits per heavy atom. The van der Waals surface area contributed by atoms with Crippen LogP contribution in [0.1, 0.15) is 20.8 Å². The van der Waals surface area contributed by atoms with Gasteiger partial charge in [0.15, 0.2) is 0 Å². The second-order valence-electron chi connectivity index (χ2n) is 3.68. The van der Waals surface area contributed by atoms with E-state index in [-0.39, 0.29) is 5.97 Å². The molecule has 0 saturated heterocycles. The molecule has 0 amide bonds. The Morgan fingerprint density at radius 3 is 2.62 bits per heavy atom. The smallest absolute Gasteiger partial charge is 0.318 e. The number of carbonyl (C=O) groups excluding carboxylic acids is 1. The zero-order valence-electron chi connectivity index (χ0n) is 7.72. The van der Waals surface area contributed by atoms with E-state index in [4.69, 9.17) is 4.74 Å². The van der Waals surface area contributed by atoms with Gasteiger partial charge >= 0.3 is 5.97 Å². The normalized spacial score (nSPS) is 11.4. The van der Waals surface area contributed by atoms with Crippen molar-refractivity contribution < 1.29 is 9.53 Å². The van der Waals surface area contributed by atoms with Crippen molar-refractivity contribution >= 4 is 28.6 Å². The van der Waals surface area contributed by atoms with Crippen LogP contribution in [-0.4, -0.2) is 16.2 Å². The Kier molecular flexibility index (Phi) is 2.94. The minimum Gasteiger partial charge on any atom is -0.404 e. The first-order chi connectivity index (χ1) is 5.91. The highest BCUT2D eigenvalue weighted by molar-refractivity contribution is 14.1. The number of hydrogen-bond donors (Lipinski definition) is 1. The van der Waals surface area contributed by atoms with Crippen LogP contribution in [0.15, 0.2) is 6.20 Å². The monoisotopic (exact) mass is 294 g/mol. The molecule has 72 valence electrons.